The minimum atomic E-state index is -0.622. The van der Waals surface area contributed by atoms with Crippen molar-refractivity contribution < 1.29 is 19.1 Å². The number of amides is 1. The Morgan fingerprint density at radius 2 is 1.55 bits per heavy atom. The number of unbranched alkanes of at least 4 members (excludes halogenated alkanes) is 6. The average Bonchev–Trinajstić information content (AvgIpc) is 2.72. The summed E-state index contributed by atoms with van der Waals surface area (Å²) in [7, 11) is 1.61. The van der Waals surface area contributed by atoms with Crippen molar-refractivity contribution in [3.05, 3.63) is 35.9 Å². The van der Waals surface area contributed by atoms with E-state index >= 15 is 0 Å². The summed E-state index contributed by atoms with van der Waals surface area (Å²) in [5, 5.41) is 0. The van der Waals surface area contributed by atoms with E-state index in [1.807, 2.05) is 44.2 Å². The molecular weight excluding hydrogens is 366 g/mol. The Kier molecular flexibility index (Phi) is 12.8. The summed E-state index contributed by atoms with van der Waals surface area (Å²) in [5.74, 6) is -0.0840. The SMILES string of the molecule is CCCCCCCCCOC(=O)C(CC(C)C)N(C)C(=O)OCc1ccccc1. The number of carbonyl (C=O) groups excluding carboxylic acids is 2. The first-order valence-corrected chi connectivity index (χ1v) is 11.1. The molecule has 0 spiro atoms. The summed E-state index contributed by atoms with van der Waals surface area (Å²) in [6, 6.07) is 8.88. The zero-order chi connectivity index (χ0) is 21.5. The minimum Gasteiger partial charge on any atom is -0.464 e. The van der Waals surface area contributed by atoms with Crippen molar-refractivity contribution in [2.75, 3.05) is 13.7 Å². The molecule has 1 aromatic rings. The highest BCUT2D eigenvalue weighted by molar-refractivity contribution is 5.81. The Morgan fingerprint density at radius 1 is 0.931 bits per heavy atom. The third-order valence-electron chi connectivity index (χ3n) is 4.92. The second kappa shape index (κ2) is 14.9. The van der Waals surface area contributed by atoms with E-state index in [-0.39, 0.29) is 18.5 Å². The molecule has 1 aromatic carbocycles. The van der Waals surface area contributed by atoms with E-state index in [0.717, 1.165) is 18.4 Å². The van der Waals surface area contributed by atoms with Gasteiger partial charge in [-0.3, -0.25) is 4.90 Å². The van der Waals surface area contributed by atoms with E-state index in [1.165, 1.54) is 37.0 Å². The van der Waals surface area contributed by atoms with Gasteiger partial charge in [0, 0.05) is 7.05 Å². The van der Waals surface area contributed by atoms with Crippen LogP contribution in [0.15, 0.2) is 30.3 Å². The first-order chi connectivity index (χ1) is 14.0. The van der Waals surface area contributed by atoms with Crippen LogP contribution in [0.3, 0.4) is 0 Å². The molecule has 0 radical (unpaired) electrons. The molecule has 1 unspecified atom stereocenters. The van der Waals surface area contributed by atoms with Gasteiger partial charge in [0.15, 0.2) is 0 Å². The van der Waals surface area contributed by atoms with E-state index in [0.29, 0.717) is 13.0 Å². The lowest BCUT2D eigenvalue weighted by atomic mass is 10.0. The highest BCUT2D eigenvalue weighted by Gasteiger charge is 2.30. The molecule has 5 nitrogen and oxygen atoms in total. The lowest BCUT2D eigenvalue weighted by molar-refractivity contribution is -0.149. The largest absolute Gasteiger partial charge is 0.464 e. The Bertz CT molecular complexity index is 574. The quantitative estimate of drug-likeness (QED) is 0.283. The van der Waals surface area contributed by atoms with Crippen LogP contribution in [0.5, 0.6) is 0 Å². The number of ether oxygens (including phenoxy) is 2. The van der Waals surface area contributed by atoms with Gasteiger partial charge < -0.3 is 9.47 Å². The number of benzene rings is 1. The topological polar surface area (TPSA) is 55.8 Å². The maximum absolute atomic E-state index is 12.6. The molecule has 0 aromatic heterocycles. The summed E-state index contributed by atoms with van der Waals surface area (Å²) in [6.45, 7) is 6.86. The van der Waals surface area contributed by atoms with Crippen molar-refractivity contribution in [3.8, 4) is 0 Å². The van der Waals surface area contributed by atoms with E-state index in [4.69, 9.17) is 9.47 Å². The molecule has 1 rings (SSSR count). The molecule has 0 saturated carbocycles. The van der Waals surface area contributed by atoms with Gasteiger partial charge in [-0.1, -0.05) is 89.6 Å². The van der Waals surface area contributed by atoms with Crippen LogP contribution in [0.1, 0.15) is 77.7 Å². The van der Waals surface area contributed by atoms with Gasteiger partial charge in [0.2, 0.25) is 0 Å². The summed E-state index contributed by atoms with van der Waals surface area (Å²) < 4.78 is 10.9. The van der Waals surface area contributed by atoms with Crippen LogP contribution in [-0.2, 0) is 20.9 Å². The van der Waals surface area contributed by atoms with E-state index < -0.39 is 12.1 Å². The van der Waals surface area contributed by atoms with Gasteiger partial charge in [-0.15, -0.1) is 0 Å². The van der Waals surface area contributed by atoms with Gasteiger partial charge in [-0.05, 0) is 24.3 Å². The molecule has 0 saturated heterocycles. The molecule has 0 heterocycles. The molecule has 29 heavy (non-hydrogen) atoms. The smallest absolute Gasteiger partial charge is 0.410 e. The van der Waals surface area contributed by atoms with Crippen LogP contribution in [0.25, 0.3) is 0 Å². The molecular formula is C24H39NO4. The van der Waals surface area contributed by atoms with Crippen LogP contribution in [0, 0.1) is 5.92 Å². The molecule has 164 valence electrons. The monoisotopic (exact) mass is 405 g/mol. The van der Waals surface area contributed by atoms with Crippen LogP contribution in [-0.4, -0.2) is 36.7 Å². The molecule has 0 fully saturated rings. The Labute approximate surface area is 176 Å². The zero-order valence-corrected chi connectivity index (χ0v) is 18.7. The van der Waals surface area contributed by atoms with Crippen molar-refractivity contribution in [1.82, 2.24) is 4.90 Å². The third kappa shape index (κ3) is 10.9. The van der Waals surface area contributed by atoms with Gasteiger partial charge in [-0.25, -0.2) is 9.59 Å². The van der Waals surface area contributed by atoms with Crippen molar-refractivity contribution in [2.24, 2.45) is 5.92 Å². The highest BCUT2D eigenvalue weighted by Crippen LogP contribution is 2.15. The van der Waals surface area contributed by atoms with Crippen LogP contribution in [0.4, 0.5) is 4.79 Å². The van der Waals surface area contributed by atoms with Gasteiger partial charge in [0.25, 0.3) is 0 Å². The van der Waals surface area contributed by atoms with Crippen molar-refractivity contribution >= 4 is 12.1 Å². The van der Waals surface area contributed by atoms with Crippen molar-refractivity contribution in [3.63, 3.8) is 0 Å². The summed E-state index contributed by atoms with van der Waals surface area (Å²) in [6.07, 6.45) is 8.22. The fourth-order valence-electron chi connectivity index (χ4n) is 3.14. The molecule has 1 amide bonds. The number of hydrogen-bond acceptors (Lipinski definition) is 4. The first-order valence-electron chi connectivity index (χ1n) is 11.1. The highest BCUT2D eigenvalue weighted by atomic mass is 16.6. The minimum absolute atomic E-state index is 0.186. The van der Waals surface area contributed by atoms with Crippen molar-refractivity contribution in [2.45, 2.75) is 84.8 Å². The number of carbonyl (C=O) groups is 2. The van der Waals surface area contributed by atoms with E-state index in [9.17, 15) is 9.59 Å². The fraction of sp³-hybridized carbons (Fsp3) is 0.667. The summed E-state index contributed by atoms with van der Waals surface area (Å²) >= 11 is 0. The molecule has 0 aliphatic carbocycles. The number of likely N-dealkylation sites (N-methyl/N-ethyl adjacent to an activating group) is 1. The van der Waals surface area contributed by atoms with E-state index in [2.05, 4.69) is 6.92 Å². The van der Waals surface area contributed by atoms with Crippen LogP contribution in [0.2, 0.25) is 0 Å². The summed E-state index contributed by atoms with van der Waals surface area (Å²) in [4.78, 5) is 26.4. The van der Waals surface area contributed by atoms with Gasteiger partial charge >= 0.3 is 12.1 Å². The van der Waals surface area contributed by atoms with Gasteiger partial charge in [-0.2, -0.15) is 0 Å². The number of esters is 1. The predicted molar refractivity (Wildman–Crippen MR) is 117 cm³/mol. The summed E-state index contributed by atoms with van der Waals surface area (Å²) in [5.41, 5.74) is 0.913. The van der Waals surface area contributed by atoms with Crippen molar-refractivity contribution in [1.29, 1.82) is 0 Å². The maximum Gasteiger partial charge on any atom is 0.410 e. The number of hydrogen-bond donors (Lipinski definition) is 0. The lowest BCUT2D eigenvalue weighted by Crippen LogP contribution is -2.44. The molecule has 5 heteroatoms. The maximum atomic E-state index is 12.6. The Balaban J connectivity index is 2.43. The van der Waals surface area contributed by atoms with E-state index in [1.54, 1.807) is 7.05 Å². The predicted octanol–water partition coefficient (Wildman–Crippen LogP) is 5.96. The standard InChI is InChI=1S/C24H39NO4/c1-5-6-7-8-9-10-14-17-28-23(26)22(18-20(2)3)25(4)24(27)29-19-21-15-12-11-13-16-21/h11-13,15-16,20,22H,5-10,14,17-19H2,1-4H3. The normalized spacial score (nSPS) is 11.9. The second-order valence-electron chi connectivity index (χ2n) is 8.09. The number of nitrogens with zero attached hydrogens (tertiary/aromatic N) is 1. The Hall–Kier alpha value is -2.04. The molecule has 0 aliphatic rings. The average molecular weight is 406 g/mol. The second-order valence-corrected chi connectivity index (χ2v) is 8.09. The molecule has 0 aliphatic heterocycles. The van der Waals surface area contributed by atoms with Crippen LogP contribution < -0.4 is 0 Å². The first kappa shape index (κ1) is 25.0. The Morgan fingerprint density at radius 3 is 2.17 bits per heavy atom. The van der Waals surface area contributed by atoms with Gasteiger partial charge in [0.05, 0.1) is 6.61 Å². The zero-order valence-electron chi connectivity index (χ0n) is 18.7. The lowest BCUT2D eigenvalue weighted by Gasteiger charge is -2.27. The molecule has 0 bridgehead atoms. The molecule has 1 atom stereocenters. The third-order valence-corrected chi connectivity index (χ3v) is 4.92. The van der Waals surface area contributed by atoms with Crippen LogP contribution >= 0.6 is 0 Å². The fourth-order valence-corrected chi connectivity index (χ4v) is 3.14. The van der Waals surface area contributed by atoms with Gasteiger partial charge in [0.1, 0.15) is 12.6 Å². The number of rotatable bonds is 14. The molecule has 0 N–H and O–H groups in total.